The number of rotatable bonds is 12. The zero-order valence-electron chi connectivity index (χ0n) is 26.5. The Bertz CT molecular complexity index is 1890. The van der Waals surface area contributed by atoms with Gasteiger partial charge in [-0.15, -0.1) is 0 Å². The number of urea groups is 2. The third kappa shape index (κ3) is 10.7. The number of carbonyl (C=O) groups excluding carboxylic acids is 2. The summed E-state index contributed by atoms with van der Waals surface area (Å²) in [6.45, 7) is 0.836. The number of benzene rings is 4. The second-order valence-corrected chi connectivity index (χ2v) is 15.6. The van der Waals surface area contributed by atoms with Crippen molar-refractivity contribution in [2.45, 2.75) is 35.5 Å². The molecule has 5 rings (SSSR count). The molecule has 0 bridgehead atoms. The predicted octanol–water partition coefficient (Wildman–Crippen LogP) is 7.28. The number of amides is 4. The third-order valence-electron chi connectivity index (χ3n) is 7.79. The van der Waals surface area contributed by atoms with E-state index >= 15 is 0 Å². The van der Waals surface area contributed by atoms with Gasteiger partial charge in [-0.25, -0.2) is 9.59 Å². The maximum Gasteiger partial charge on any atom is 0.339 e. The Morgan fingerprint density at radius 1 is 0.620 bits per heavy atom. The first-order valence-corrected chi connectivity index (χ1v) is 19.1. The molecule has 0 radical (unpaired) electrons. The molecule has 2 atom stereocenters. The molecule has 1 aliphatic carbocycles. The second-order valence-electron chi connectivity index (χ2n) is 11.6. The largest absolute Gasteiger partial charge is 0.379 e. The highest BCUT2D eigenvalue weighted by Gasteiger charge is 2.23. The summed E-state index contributed by atoms with van der Waals surface area (Å²) in [4.78, 5) is 25.2. The lowest BCUT2D eigenvalue weighted by molar-refractivity contribution is 0.230. The van der Waals surface area contributed by atoms with Gasteiger partial charge in [-0.05, 0) is 104 Å². The Balaban J connectivity index is 1.05. The van der Waals surface area contributed by atoms with Crippen LogP contribution in [0.5, 0.6) is 11.5 Å². The molecule has 4 amide bonds. The monoisotopic (exact) mass is 760 g/mol. The fraction of sp³-hybridized carbons (Fsp3) is 0.235. The van der Waals surface area contributed by atoms with Crippen molar-refractivity contribution >= 4 is 66.9 Å². The number of halogens is 2. The molecule has 1 saturated carbocycles. The van der Waals surface area contributed by atoms with Crippen LogP contribution in [-0.4, -0.2) is 42.0 Å². The summed E-state index contributed by atoms with van der Waals surface area (Å²) < 4.78 is 60.9. The minimum absolute atomic E-state index is 0.0348. The highest BCUT2D eigenvalue weighted by atomic mass is 35.5. The summed E-state index contributed by atoms with van der Waals surface area (Å²) in [7, 11) is -8.19. The van der Waals surface area contributed by atoms with Crippen molar-refractivity contribution in [2.24, 2.45) is 11.8 Å². The van der Waals surface area contributed by atoms with Crippen LogP contribution in [0.4, 0.5) is 21.0 Å². The van der Waals surface area contributed by atoms with Crippen molar-refractivity contribution in [1.82, 2.24) is 10.6 Å². The van der Waals surface area contributed by atoms with E-state index in [1.807, 2.05) is 0 Å². The molecule has 0 aliphatic heterocycles. The van der Waals surface area contributed by atoms with E-state index in [-0.39, 0.29) is 33.1 Å². The Labute approximate surface area is 300 Å². The number of carbonyl (C=O) groups is 2. The van der Waals surface area contributed by atoms with Gasteiger partial charge >= 0.3 is 32.3 Å². The van der Waals surface area contributed by atoms with Gasteiger partial charge in [0.2, 0.25) is 0 Å². The van der Waals surface area contributed by atoms with Gasteiger partial charge in [0, 0.05) is 46.6 Å². The van der Waals surface area contributed by atoms with Crippen LogP contribution in [0.15, 0.2) is 107 Å². The van der Waals surface area contributed by atoms with Crippen molar-refractivity contribution in [2.75, 3.05) is 23.7 Å². The quantitative estimate of drug-likeness (QED) is 0.109. The van der Waals surface area contributed by atoms with Crippen LogP contribution in [0.3, 0.4) is 0 Å². The van der Waals surface area contributed by atoms with Gasteiger partial charge < -0.3 is 29.6 Å². The molecule has 4 aromatic rings. The van der Waals surface area contributed by atoms with Gasteiger partial charge in [0.15, 0.2) is 0 Å². The Kier molecular flexibility index (Phi) is 12.1. The van der Waals surface area contributed by atoms with E-state index in [4.69, 9.17) is 31.6 Å². The van der Waals surface area contributed by atoms with E-state index in [9.17, 15) is 26.4 Å². The summed E-state index contributed by atoms with van der Waals surface area (Å²) in [5.41, 5.74) is 0.701. The maximum atomic E-state index is 12.7. The van der Waals surface area contributed by atoms with E-state index in [1.165, 1.54) is 72.8 Å². The molecule has 4 aromatic carbocycles. The van der Waals surface area contributed by atoms with Crippen LogP contribution in [0.25, 0.3) is 0 Å². The first-order valence-electron chi connectivity index (χ1n) is 15.5. The Morgan fingerprint density at radius 3 is 1.42 bits per heavy atom. The lowest BCUT2D eigenvalue weighted by Crippen LogP contribution is -2.38. The third-order valence-corrected chi connectivity index (χ3v) is 10.8. The van der Waals surface area contributed by atoms with E-state index in [2.05, 4.69) is 21.3 Å². The van der Waals surface area contributed by atoms with Gasteiger partial charge in [-0.1, -0.05) is 41.8 Å². The number of hydrogen-bond acceptors (Lipinski definition) is 8. The fourth-order valence-electron chi connectivity index (χ4n) is 5.40. The summed E-state index contributed by atoms with van der Waals surface area (Å²) in [6, 6.07) is 22.4. The van der Waals surface area contributed by atoms with Gasteiger partial charge in [-0.2, -0.15) is 16.8 Å². The molecule has 4 N–H and O–H groups in total. The number of anilines is 2. The Hall–Kier alpha value is -4.50. The molecule has 50 heavy (non-hydrogen) atoms. The summed E-state index contributed by atoms with van der Waals surface area (Å²) >= 11 is 11.7. The van der Waals surface area contributed by atoms with Crippen molar-refractivity contribution < 1.29 is 34.8 Å². The highest BCUT2D eigenvalue weighted by Crippen LogP contribution is 2.29. The molecule has 1 fully saturated rings. The molecular weight excluding hydrogens is 727 g/mol. The highest BCUT2D eigenvalue weighted by molar-refractivity contribution is 7.87. The van der Waals surface area contributed by atoms with Crippen molar-refractivity contribution in [3.05, 3.63) is 107 Å². The SMILES string of the molecule is O=C(NCC1CCCC(CNC(=O)Nc2cccc(OS(=O)(=O)c3ccc(Cl)cc3)c2)C1)Nc1cccc(OS(=O)(=O)c2ccc(Cl)cc2)c1. The normalized spacial score (nSPS) is 16.1. The smallest absolute Gasteiger partial charge is 0.339 e. The standard InChI is InChI=1S/C34H34Cl2N4O8S2/c35-25-10-14-31(15-11-25)49(43,44)47-29-8-2-6-27(19-29)39-33(41)37-21-23-4-1-5-24(18-23)22-38-34(42)40-28-7-3-9-30(20-28)48-50(45,46)32-16-12-26(36)13-17-32/h2-3,6-17,19-20,23-24H,1,4-5,18,21-22H2,(H2,37,39,41)(H2,38,40,42). The molecule has 1 aliphatic rings. The van der Waals surface area contributed by atoms with Crippen molar-refractivity contribution in [3.8, 4) is 11.5 Å². The lowest BCUT2D eigenvalue weighted by Gasteiger charge is -2.29. The minimum atomic E-state index is -4.09. The van der Waals surface area contributed by atoms with E-state index < -0.39 is 32.3 Å². The predicted molar refractivity (Wildman–Crippen MR) is 191 cm³/mol. The molecule has 0 aromatic heterocycles. The first-order chi connectivity index (χ1) is 23.8. The van der Waals surface area contributed by atoms with E-state index in [0.717, 1.165) is 25.7 Å². The van der Waals surface area contributed by atoms with Crippen molar-refractivity contribution in [1.29, 1.82) is 0 Å². The second kappa shape index (κ2) is 16.5. The van der Waals surface area contributed by atoms with E-state index in [0.29, 0.717) is 34.5 Å². The Morgan fingerprint density at radius 2 is 1.02 bits per heavy atom. The molecule has 0 heterocycles. The molecule has 16 heteroatoms. The van der Waals surface area contributed by atoms with Crippen LogP contribution < -0.4 is 29.6 Å². The molecule has 0 spiro atoms. The van der Waals surface area contributed by atoms with Crippen molar-refractivity contribution in [3.63, 3.8) is 0 Å². The average Bonchev–Trinajstić information content (AvgIpc) is 3.07. The topological polar surface area (TPSA) is 169 Å². The van der Waals surface area contributed by atoms with Gasteiger partial charge in [0.1, 0.15) is 21.3 Å². The summed E-state index contributed by atoms with van der Waals surface area (Å²) in [6.07, 6.45) is 3.56. The van der Waals surface area contributed by atoms with Crippen LogP contribution >= 0.6 is 23.2 Å². The lowest BCUT2D eigenvalue weighted by atomic mass is 9.81. The molecule has 264 valence electrons. The first kappa shape index (κ1) is 36.8. The minimum Gasteiger partial charge on any atom is -0.379 e. The number of hydrogen-bond donors (Lipinski definition) is 4. The maximum absolute atomic E-state index is 12.7. The zero-order chi connectivity index (χ0) is 35.7. The van der Waals surface area contributed by atoms with Crippen LogP contribution in [0.2, 0.25) is 10.0 Å². The van der Waals surface area contributed by atoms with Gasteiger partial charge in [0.05, 0.1) is 0 Å². The zero-order valence-corrected chi connectivity index (χ0v) is 29.6. The molecule has 2 unspecified atom stereocenters. The van der Waals surface area contributed by atoms with Gasteiger partial charge in [0.25, 0.3) is 0 Å². The van der Waals surface area contributed by atoms with Crippen LogP contribution in [0.1, 0.15) is 25.7 Å². The fourth-order valence-corrected chi connectivity index (χ4v) is 7.50. The number of nitrogens with one attached hydrogen (secondary N) is 4. The van der Waals surface area contributed by atoms with Gasteiger partial charge in [-0.3, -0.25) is 0 Å². The molecule has 12 nitrogen and oxygen atoms in total. The summed E-state index contributed by atoms with van der Waals surface area (Å²) in [5.74, 6) is 0.458. The van der Waals surface area contributed by atoms with E-state index in [1.54, 1.807) is 24.3 Å². The average molecular weight is 762 g/mol. The van der Waals surface area contributed by atoms with Crippen LogP contribution in [-0.2, 0) is 20.2 Å². The molecule has 0 saturated heterocycles. The summed E-state index contributed by atoms with van der Waals surface area (Å²) in [5, 5.41) is 11.9. The van der Waals surface area contributed by atoms with Crippen LogP contribution in [0, 0.1) is 11.8 Å². The molecular formula is C34H34Cl2N4O8S2.